The van der Waals surface area contributed by atoms with Gasteiger partial charge in [-0.3, -0.25) is 19.1 Å². The largest absolute Gasteiger partial charge is 0.291 e. The fourth-order valence-corrected chi connectivity index (χ4v) is 6.58. The summed E-state index contributed by atoms with van der Waals surface area (Å²) >= 11 is 0. The van der Waals surface area contributed by atoms with Crippen LogP contribution in [0, 0.1) is 45.3 Å². The molecular weight excluding hydrogens is 604 g/mol. The van der Waals surface area contributed by atoms with Gasteiger partial charge in [-0.2, -0.15) is 21.0 Å². The molecule has 7 aromatic heterocycles. The standard InChI is InChI=1S/C34H12N14/c35-7-17(8-36)23-27-29(25-21-13-41-15-43-33(21)47(31(23)25)19-3-1-5-39-11-19)46-28-24(18(9-37)10-38)32-26(30(28)45-27)22-14-42-16-44-34(22)48(32)20-4-2-6-40-12-20/h1-6,11-16H. The molecule has 218 valence electrons. The van der Waals surface area contributed by atoms with Crippen LogP contribution in [-0.2, 0) is 0 Å². The summed E-state index contributed by atoms with van der Waals surface area (Å²) in [5, 5.41) is 42.2. The van der Waals surface area contributed by atoms with Crippen molar-refractivity contribution in [2.24, 2.45) is 0 Å². The van der Waals surface area contributed by atoms with E-state index in [1.807, 2.05) is 36.4 Å². The second-order valence-corrected chi connectivity index (χ2v) is 10.6. The molecule has 2 aliphatic carbocycles. The monoisotopic (exact) mass is 616 g/mol. The van der Waals surface area contributed by atoms with Crippen LogP contribution in [0.25, 0.3) is 67.1 Å². The Morgan fingerprint density at radius 3 is 1.35 bits per heavy atom. The zero-order chi connectivity index (χ0) is 32.5. The molecule has 48 heavy (non-hydrogen) atoms. The number of nitriles is 4. The van der Waals surface area contributed by atoms with Crippen molar-refractivity contribution in [1.82, 2.24) is 49.0 Å². The van der Waals surface area contributed by atoms with Crippen LogP contribution in [0.5, 0.6) is 0 Å². The molecule has 0 spiro atoms. The van der Waals surface area contributed by atoms with Gasteiger partial charge in [-0.25, -0.2) is 29.9 Å². The molecule has 0 saturated heterocycles. The smallest absolute Gasteiger partial charge is 0.149 e. The first kappa shape index (κ1) is 26.5. The Balaban J connectivity index is 1.47. The number of allylic oxidation sites excluding steroid dienone is 2. The molecule has 0 aromatic carbocycles. The van der Waals surface area contributed by atoms with E-state index in [2.05, 4.69) is 29.9 Å². The van der Waals surface area contributed by atoms with Gasteiger partial charge in [0, 0.05) is 46.7 Å². The van der Waals surface area contributed by atoms with Gasteiger partial charge < -0.3 is 0 Å². The maximum atomic E-state index is 10.2. The number of nitrogens with zero attached hydrogens (tertiary/aromatic N) is 14. The SMILES string of the molecule is N#CC(C#N)=C1c2nc3c(nc2-c2c1n(-c1cccnc1)c1ncncc21)C(=C(C#N)C#N)c1c-3c2cncnc2n1-c1cccnc1. The zero-order valence-corrected chi connectivity index (χ0v) is 24.2. The first-order chi connectivity index (χ1) is 23.7. The Bertz CT molecular complexity index is 2590. The van der Waals surface area contributed by atoms with E-state index in [0.29, 0.717) is 67.3 Å². The summed E-state index contributed by atoms with van der Waals surface area (Å²) in [6.45, 7) is 0. The van der Waals surface area contributed by atoms with E-state index >= 15 is 0 Å². The van der Waals surface area contributed by atoms with E-state index < -0.39 is 0 Å². The summed E-state index contributed by atoms with van der Waals surface area (Å²) < 4.78 is 3.61. The second-order valence-electron chi connectivity index (χ2n) is 10.6. The van der Waals surface area contributed by atoms with Crippen molar-refractivity contribution >= 4 is 33.2 Å². The third-order valence-corrected chi connectivity index (χ3v) is 8.34. The molecule has 7 aromatic rings. The van der Waals surface area contributed by atoms with E-state index in [-0.39, 0.29) is 33.7 Å². The molecule has 14 nitrogen and oxygen atoms in total. The van der Waals surface area contributed by atoms with Gasteiger partial charge in [-0.05, 0) is 24.3 Å². The molecule has 0 radical (unpaired) electrons. The minimum absolute atomic E-state index is 0.185. The van der Waals surface area contributed by atoms with Crippen molar-refractivity contribution in [3.63, 3.8) is 0 Å². The van der Waals surface area contributed by atoms with Crippen LogP contribution in [0.4, 0.5) is 0 Å². The summed E-state index contributed by atoms with van der Waals surface area (Å²) in [5.74, 6) is 0. The van der Waals surface area contributed by atoms with Crippen LogP contribution in [0.3, 0.4) is 0 Å². The molecule has 0 unspecified atom stereocenters. The summed E-state index contributed by atoms with van der Waals surface area (Å²) in [4.78, 5) is 36.5. The molecular formula is C34H12N14. The van der Waals surface area contributed by atoms with Crippen LogP contribution in [0.2, 0.25) is 0 Å². The van der Waals surface area contributed by atoms with Gasteiger partial charge in [0.1, 0.15) is 82.1 Å². The number of hydrogen-bond acceptors (Lipinski definition) is 12. The Kier molecular flexibility index (Phi) is 5.39. The molecule has 2 aliphatic rings. The van der Waals surface area contributed by atoms with Crippen LogP contribution in [0.15, 0.2) is 85.2 Å². The Morgan fingerprint density at radius 2 is 0.979 bits per heavy atom. The molecule has 9 rings (SSSR count). The first-order valence-corrected chi connectivity index (χ1v) is 14.2. The fourth-order valence-electron chi connectivity index (χ4n) is 6.58. The summed E-state index contributed by atoms with van der Waals surface area (Å²) in [7, 11) is 0. The number of pyridine rings is 2. The predicted molar refractivity (Wildman–Crippen MR) is 168 cm³/mol. The topological polar surface area (TPSA) is 208 Å². The van der Waals surface area contributed by atoms with Crippen LogP contribution in [0.1, 0.15) is 22.8 Å². The Morgan fingerprint density at radius 1 is 0.542 bits per heavy atom. The van der Waals surface area contributed by atoms with Gasteiger partial charge in [0.2, 0.25) is 0 Å². The third-order valence-electron chi connectivity index (χ3n) is 8.34. The van der Waals surface area contributed by atoms with E-state index in [4.69, 9.17) is 9.97 Å². The summed E-state index contributed by atoms with van der Waals surface area (Å²) in [6, 6.07) is 15.4. The molecule has 0 fully saturated rings. The minimum Gasteiger partial charge on any atom is -0.291 e. The van der Waals surface area contributed by atoms with Gasteiger partial charge in [-0.1, -0.05) is 0 Å². The van der Waals surface area contributed by atoms with E-state index in [9.17, 15) is 21.0 Å². The van der Waals surface area contributed by atoms with Crippen molar-refractivity contribution in [2.45, 2.75) is 0 Å². The van der Waals surface area contributed by atoms with Crippen LogP contribution < -0.4 is 0 Å². The highest BCUT2D eigenvalue weighted by Crippen LogP contribution is 2.54. The lowest BCUT2D eigenvalue weighted by molar-refractivity contribution is 1.04. The summed E-state index contributed by atoms with van der Waals surface area (Å²) in [6.07, 6.45) is 12.7. The van der Waals surface area contributed by atoms with Crippen molar-refractivity contribution in [2.75, 3.05) is 0 Å². The average molecular weight is 617 g/mol. The van der Waals surface area contributed by atoms with Crippen molar-refractivity contribution in [3.05, 3.63) is 108 Å². The van der Waals surface area contributed by atoms with Gasteiger partial charge >= 0.3 is 0 Å². The van der Waals surface area contributed by atoms with Gasteiger partial charge in [0.15, 0.2) is 0 Å². The molecule has 0 saturated carbocycles. The molecule has 0 aliphatic heterocycles. The Labute approximate surface area is 269 Å². The van der Waals surface area contributed by atoms with Crippen molar-refractivity contribution < 1.29 is 0 Å². The molecule has 0 atom stereocenters. The number of rotatable bonds is 2. The average Bonchev–Trinajstić information content (AvgIpc) is 3.85. The van der Waals surface area contributed by atoms with E-state index in [1.165, 1.54) is 12.7 Å². The van der Waals surface area contributed by atoms with E-state index in [0.717, 1.165) is 0 Å². The van der Waals surface area contributed by atoms with Crippen molar-refractivity contribution in [1.29, 1.82) is 21.0 Å². The Hall–Kier alpha value is -7.94. The van der Waals surface area contributed by atoms with Gasteiger partial charge in [0.05, 0.1) is 46.3 Å². The van der Waals surface area contributed by atoms with Gasteiger partial charge in [0.25, 0.3) is 0 Å². The number of fused-ring (bicyclic) bond motifs is 10. The maximum absolute atomic E-state index is 10.2. The number of aromatic nitrogens is 10. The highest BCUT2D eigenvalue weighted by molar-refractivity contribution is 6.15. The van der Waals surface area contributed by atoms with Crippen LogP contribution >= 0.6 is 0 Å². The third kappa shape index (κ3) is 3.29. The molecule has 0 N–H and O–H groups in total. The predicted octanol–water partition coefficient (Wildman–Crippen LogP) is 4.39. The fraction of sp³-hybridized carbons (Fsp3) is 0. The quantitative estimate of drug-likeness (QED) is 0.248. The lowest BCUT2D eigenvalue weighted by Crippen LogP contribution is -2.05. The van der Waals surface area contributed by atoms with Crippen molar-refractivity contribution in [3.8, 4) is 58.2 Å². The lowest BCUT2D eigenvalue weighted by atomic mass is 10.1. The molecule has 14 heteroatoms. The molecule has 0 bridgehead atoms. The highest BCUT2D eigenvalue weighted by atomic mass is 15.1. The molecule has 0 amide bonds. The summed E-state index contributed by atoms with van der Waals surface area (Å²) in [5.41, 5.74) is 5.71. The lowest BCUT2D eigenvalue weighted by Gasteiger charge is -2.12. The zero-order valence-electron chi connectivity index (χ0n) is 24.2. The first-order valence-electron chi connectivity index (χ1n) is 14.2. The normalized spacial score (nSPS) is 12.0. The van der Waals surface area contributed by atoms with E-state index in [1.54, 1.807) is 58.4 Å². The highest BCUT2D eigenvalue weighted by Gasteiger charge is 2.42. The molecule has 7 heterocycles. The van der Waals surface area contributed by atoms with Crippen LogP contribution in [-0.4, -0.2) is 49.0 Å². The maximum Gasteiger partial charge on any atom is 0.149 e. The second kappa shape index (κ2) is 9.78. The number of hydrogen-bond donors (Lipinski definition) is 0. The van der Waals surface area contributed by atoms with Gasteiger partial charge in [-0.15, -0.1) is 0 Å². The minimum atomic E-state index is -0.185.